The molecule has 2 N–H and O–H groups in total. The molecule has 3 fully saturated rings. The molecule has 2 aliphatic carbocycles. The van der Waals surface area contributed by atoms with Crippen LogP contribution in [-0.2, 0) is 6.54 Å². The third-order valence-electron chi connectivity index (χ3n) is 7.14. The van der Waals surface area contributed by atoms with E-state index in [4.69, 9.17) is 21.7 Å². The Labute approximate surface area is 173 Å². The Bertz CT molecular complexity index is 734. The number of hydrogen-bond donors (Lipinski definition) is 2. The lowest BCUT2D eigenvalue weighted by Gasteiger charge is -2.61. The number of methoxy groups -OCH3 is 2. The lowest BCUT2D eigenvalue weighted by molar-refractivity contribution is -0.184. The van der Waals surface area contributed by atoms with Crippen molar-refractivity contribution in [3.8, 4) is 11.5 Å². The molecule has 0 unspecified atom stereocenters. The summed E-state index contributed by atoms with van der Waals surface area (Å²) in [6.45, 7) is 0.509. The second kappa shape index (κ2) is 7.71. The number of aliphatic hydroxyl groups is 1. The predicted molar refractivity (Wildman–Crippen MR) is 114 cm³/mol. The van der Waals surface area contributed by atoms with Crippen LogP contribution in [0.2, 0.25) is 0 Å². The van der Waals surface area contributed by atoms with Crippen molar-refractivity contribution in [2.45, 2.75) is 75.6 Å². The molecule has 154 valence electrons. The maximum absolute atomic E-state index is 12.0. The molecule has 5 nitrogen and oxygen atoms in total. The first-order valence-electron chi connectivity index (χ1n) is 10.6. The van der Waals surface area contributed by atoms with Gasteiger partial charge < -0.3 is 24.8 Å². The largest absolute Gasteiger partial charge is 0.497 e. The standard InChI is InChI=1S/C22H32N2O3S/c1-26-17-9-10-18(27-2)16(14-17)15-24-20(28)23-21(11-5-3-6-12-21)19-8-4-7-13-22(19,24)25/h9-10,14,19,25H,3-8,11-13,15H2,1-2H3,(H,23,28)/t19-,22+/m0/s1. The van der Waals surface area contributed by atoms with Gasteiger partial charge in [-0.15, -0.1) is 0 Å². The summed E-state index contributed by atoms with van der Waals surface area (Å²) in [4.78, 5) is 2.02. The minimum absolute atomic E-state index is 0.0422. The van der Waals surface area contributed by atoms with Gasteiger partial charge in [0.1, 0.15) is 17.2 Å². The fourth-order valence-corrected chi connectivity index (χ4v) is 6.19. The second-order valence-electron chi connectivity index (χ2n) is 8.59. The number of nitrogens with zero attached hydrogens (tertiary/aromatic N) is 1. The zero-order chi connectivity index (χ0) is 19.8. The van der Waals surface area contributed by atoms with Gasteiger partial charge in [-0.2, -0.15) is 0 Å². The molecule has 0 bridgehead atoms. The van der Waals surface area contributed by atoms with Crippen molar-refractivity contribution in [3.63, 3.8) is 0 Å². The molecule has 1 saturated heterocycles. The van der Waals surface area contributed by atoms with Crippen LogP contribution >= 0.6 is 12.2 Å². The maximum Gasteiger partial charge on any atom is 0.171 e. The Morgan fingerprint density at radius 2 is 1.86 bits per heavy atom. The fourth-order valence-electron chi connectivity index (χ4n) is 5.76. The lowest BCUT2D eigenvalue weighted by Crippen LogP contribution is -2.75. The molecule has 3 aliphatic rings. The molecular weight excluding hydrogens is 372 g/mol. The van der Waals surface area contributed by atoms with Crippen molar-refractivity contribution in [2.24, 2.45) is 5.92 Å². The number of thiocarbonyl (C=S) groups is 1. The van der Waals surface area contributed by atoms with Crippen molar-refractivity contribution >= 4 is 17.3 Å². The zero-order valence-electron chi connectivity index (χ0n) is 17.0. The summed E-state index contributed by atoms with van der Waals surface area (Å²) in [5.41, 5.74) is 0.0363. The van der Waals surface area contributed by atoms with E-state index in [-0.39, 0.29) is 11.5 Å². The molecule has 1 aromatic rings. The topological polar surface area (TPSA) is 54.0 Å². The van der Waals surface area contributed by atoms with Gasteiger partial charge in [0.05, 0.1) is 20.8 Å². The highest BCUT2D eigenvalue weighted by Gasteiger charge is 2.58. The third-order valence-corrected chi connectivity index (χ3v) is 7.47. The highest BCUT2D eigenvalue weighted by atomic mass is 32.1. The molecule has 0 aromatic heterocycles. The van der Waals surface area contributed by atoms with E-state index < -0.39 is 5.72 Å². The van der Waals surface area contributed by atoms with Gasteiger partial charge in [0, 0.05) is 17.0 Å². The summed E-state index contributed by atoms with van der Waals surface area (Å²) < 4.78 is 11.0. The van der Waals surface area contributed by atoms with Crippen LogP contribution in [0.4, 0.5) is 0 Å². The molecule has 2 saturated carbocycles. The Hall–Kier alpha value is -1.53. The highest BCUT2D eigenvalue weighted by molar-refractivity contribution is 7.80. The molecule has 28 heavy (non-hydrogen) atoms. The first kappa shape index (κ1) is 19.8. The number of ether oxygens (including phenoxy) is 2. The monoisotopic (exact) mass is 404 g/mol. The van der Waals surface area contributed by atoms with Gasteiger partial charge in [-0.1, -0.05) is 25.7 Å². The molecular formula is C22H32N2O3S. The normalized spacial score (nSPS) is 29.2. The zero-order valence-corrected chi connectivity index (χ0v) is 17.8. The highest BCUT2D eigenvalue weighted by Crippen LogP contribution is 2.51. The molecule has 1 spiro atoms. The van der Waals surface area contributed by atoms with Gasteiger partial charge in [0.15, 0.2) is 5.11 Å². The SMILES string of the molecule is COc1ccc(OC)c(CN2C(=S)NC3(CCCCC3)[C@@H]3CCCC[C@@]32O)c1. The van der Waals surface area contributed by atoms with Crippen LogP contribution in [-0.4, -0.2) is 40.6 Å². The molecule has 2 atom stereocenters. The Morgan fingerprint density at radius 1 is 1.11 bits per heavy atom. The van der Waals surface area contributed by atoms with Crippen LogP contribution in [0.25, 0.3) is 0 Å². The van der Waals surface area contributed by atoms with Crippen LogP contribution in [0.1, 0.15) is 63.4 Å². The van der Waals surface area contributed by atoms with Crippen LogP contribution in [0.5, 0.6) is 11.5 Å². The maximum atomic E-state index is 12.0. The van der Waals surface area contributed by atoms with Crippen LogP contribution in [0, 0.1) is 5.92 Å². The quantitative estimate of drug-likeness (QED) is 0.741. The van der Waals surface area contributed by atoms with Crippen molar-refractivity contribution in [2.75, 3.05) is 14.2 Å². The number of fused-ring (bicyclic) bond motifs is 2. The van der Waals surface area contributed by atoms with E-state index >= 15 is 0 Å². The van der Waals surface area contributed by atoms with E-state index in [0.717, 1.165) is 49.2 Å². The average molecular weight is 405 g/mol. The number of benzene rings is 1. The van der Waals surface area contributed by atoms with Crippen LogP contribution in [0.3, 0.4) is 0 Å². The van der Waals surface area contributed by atoms with Gasteiger partial charge in [-0.05, 0) is 62.5 Å². The van der Waals surface area contributed by atoms with Gasteiger partial charge in [-0.25, -0.2) is 0 Å². The minimum atomic E-state index is -0.897. The summed E-state index contributed by atoms with van der Waals surface area (Å²) in [6.07, 6.45) is 9.97. The molecule has 4 rings (SSSR count). The van der Waals surface area contributed by atoms with E-state index in [2.05, 4.69) is 5.32 Å². The van der Waals surface area contributed by atoms with E-state index in [1.54, 1.807) is 14.2 Å². The molecule has 0 radical (unpaired) electrons. The number of rotatable bonds is 4. The van der Waals surface area contributed by atoms with Crippen molar-refractivity contribution in [3.05, 3.63) is 23.8 Å². The van der Waals surface area contributed by atoms with Crippen LogP contribution < -0.4 is 14.8 Å². The fraction of sp³-hybridized carbons (Fsp3) is 0.682. The summed E-state index contributed by atoms with van der Waals surface area (Å²) >= 11 is 5.84. The Morgan fingerprint density at radius 3 is 2.57 bits per heavy atom. The molecule has 0 amide bonds. The van der Waals surface area contributed by atoms with Crippen molar-refractivity contribution < 1.29 is 14.6 Å². The summed E-state index contributed by atoms with van der Waals surface area (Å²) in [5, 5.41) is 16.4. The Balaban J connectivity index is 1.69. The van der Waals surface area contributed by atoms with Crippen molar-refractivity contribution in [1.29, 1.82) is 0 Å². The van der Waals surface area contributed by atoms with E-state index in [0.29, 0.717) is 11.7 Å². The minimum Gasteiger partial charge on any atom is -0.497 e. The van der Waals surface area contributed by atoms with Gasteiger partial charge in [0.25, 0.3) is 0 Å². The number of nitrogens with one attached hydrogen (secondary N) is 1. The lowest BCUT2D eigenvalue weighted by atomic mass is 9.62. The van der Waals surface area contributed by atoms with Gasteiger partial charge in [0.2, 0.25) is 0 Å². The number of hydrogen-bond acceptors (Lipinski definition) is 4. The van der Waals surface area contributed by atoms with E-state index in [1.165, 1.54) is 25.7 Å². The third kappa shape index (κ3) is 3.24. The first-order valence-corrected chi connectivity index (χ1v) is 11.0. The summed E-state index contributed by atoms with van der Waals surface area (Å²) in [5.74, 6) is 1.78. The smallest absolute Gasteiger partial charge is 0.171 e. The van der Waals surface area contributed by atoms with E-state index in [1.807, 2.05) is 23.1 Å². The summed E-state index contributed by atoms with van der Waals surface area (Å²) in [6, 6.07) is 5.79. The molecule has 6 heteroatoms. The first-order chi connectivity index (χ1) is 13.5. The van der Waals surface area contributed by atoms with Crippen LogP contribution in [0.15, 0.2) is 18.2 Å². The molecule has 1 aromatic carbocycles. The average Bonchev–Trinajstić information content (AvgIpc) is 2.71. The van der Waals surface area contributed by atoms with Crippen molar-refractivity contribution in [1.82, 2.24) is 10.2 Å². The Kier molecular flexibility index (Phi) is 5.45. The molecule has 1 aliphatic heterocycles. The summed E-state index contributed by atoms with van der Waals surface area (Å²) in [7, 11) is 3.34. The van der Waals surface area contributed by atoms with Gasteiger partial charge in [-0.3, -0.25) is 0 Å². The molecule has 1 heterocycles. The van der Waals surface area contributed by atoms with E-state index in [9.17, 15) is 5.11 Å². The van der Waals surface area contributed by atoms with Gasteiger partial charge >= 0.3 is 0 Å². The predicted octanol–water partition coefficient (Wildman–Crippen LogP) is 3.98. The second-order valence-corrected chi connectivity index (χ2v) is 8.97.